The normalized spacial score (nSPS) is 58.8. The summed E-state index contributed by atoms with van der Waals surface area (Å²) in [6, 6.07) is 0. The summed E-state index contributed by atoms with van der Waals surface area (Å²) >= 11 is 9.53. The molecule has 24 atom stereocenters. The second-order valence-corrected chi connectivity index (χ2v) is 28.8. The number of aliphatic hydroxyl groups excluding tert-OH is 4. The van der Waals surface area contributed by atoms with E-state index in [2.05, 4.69) is 69.2 Å². The highest BCUT2D eigenvalue weighted by Crippen LogP contribution is 2.91. The molecule has 12 rings (SSSR count). The maximum atomic E-state index is 12.4. The maximum Gasteiger partial charge on any atom is 0.334 e. The standard InChI is InChI=1S/C28H44O5.C27H42O5.CH2Cl2/c1-15-13-16(23(31)32-6)33-21-20(15)25(4)11-12-28-14-27(28)10-9-19(29)24(2,3)17(27)7-8-18(28)26(25,5)22(21)30;1-14-12-15(22(30)31)32-20-19(14)24(4)10-11-27-13-26(27)9-8-18(28)23(2,3)16(26)6-7-17(27)25(24,5)21(20)29;2-1-3/h15-22,29-30H,7-14H2,1-6H3;14-21,28-29H,6-13H2,1-5H3,(H,30,31);1H2/t15-,16-,17+,18+,19+,20?,21+,22+,25-,26-,27?,28+;14-,15-,16+,17+,18+,19?,20+,21+,24-,25-,26?,27+;/m11./s1. The fourth-order valence-corrected chi connectivity index (χ4v) is 23.0. The van der Waals surface area contributed by atoms with Crippen LogP contribution in [0.5, 0.6) is 0 Å². The number of esters is 1. The number of aliphatic hydroxyl groups is 4. The average Bonchev–Trinajstić information content (AvgIpc) is 4.13. The van der Waals surface area contributed by atoms with Gasteiger partial charge in [-0.3, -0.25) is 0 Å². The van der Waals surface area contributed by atoms with Crippen molar-refractivity contribution < 1.29 is 49.3 Å². The fourth-order valence-electron chi connectivity index (χ4n) is 23.0. The molecular formula is C56H88Cl2O10. The second kappa shape index (κ2) is 15.9. The minimum Gasteiger partial charge on any atom is -0.479 e. The zero-order valence-corrected chi connectivity index (χ0v) is 44.8. The molecule has 2 aliphatic heterocycles. The number of hydrogen-bond acceptors (Lipinski definition) is 9. The molecule has 5 N–H and O–H groups in total. The molecule has 386 valence electrons. The number of halogens is 2. The molecule has 10 nitrogen and oxygen atoms in total. The van der Waals surface area contributed by atoms with Crippen LogP contribution in [0.25, 0.3) is 0 Å². The lowest BCUT2D eigenvalue weighted by Crippen LogP contribution is -2.59. The minimum absolute atomic E-state index is 0.00776. The number of fused-ring (bicyclic) bond motifs is 8. The summed E-state index contributed by atoms with van der Waals surface area (Å²) in [5.41, 5.74) is 0.705. The third kappa shape index (κ3) is 5.93. The van der Waals surface area contributed by atoms with Crippen molar-refractivity contribution in [3.8, 4) is 0 Å². The number of carbonyl (C=O) groups excluding carboxylic acids is 1. The molecule has 0 aromatic heterocycles. The maximum absolute atomic E-state index is 12.4. The van der Waals surface area contributed by atoms with Crippen molar-refractivity contribution in [1.29, 1.82) is 0 Å². The van der Waals surface area contributed by atoms with Crippen LogP contribution in [-0.2, 0) is 23.8 Å². The van der Waals surface area contributed by atoms with E-state index in [0.29, 0.717) is 58.7 Å². The first-order valence-electron chi connectivity index (χ1n) is 27.1. The largest absolute Gasteiger partial charge is 0.479 e. The van der Waals surface area contributed by atoms with Crippen LogP contribution in [0.2, 0.25) is 0 Å². The Labute approximate surface area is 417 Å². The molecule has 2 saturated heterocycles. The van der Waals surface area contributed by atoms with Gasteiger partial charge in [0.25, 0.3) is 0 Å². The van der Waals surface area contributed by atoms with Crippen LogP contribution in [0.1, 0.15) is 172 Å². The highest BCUT2D eigenvalue weighted by atomic mass is 35.5. The number of carboxylic acids is 1. The topological polar surface area (TPSA) is 163 Å². The van der Waals surface area contributed by atoms with Crippen LogP contribution < -0.4 is 0 Å². The molecule has 12 heteroatoms. The summed E-state index contributed by atoms with van der Waals surface area (Å²) < 4.78 is 17.6. The number of rotatable bonds is 2. The van der Waals surface area contributed by atoms with E-state index in [1.807, 2.05) is 0 Å². The summed E-state index contributed by atoms with van der Waals surface area (Å²) in [4.78, 5) is 24.1. The lowest BCUT2D eigenvalue weighted by Gasteiger charge is -2.63. The van der Waals surface area contributed by atoms with E-state index in [-0.39, 0.29) is 91.4 Å². The van der Waals surface area contributed by atoms with Crippen molar-refractivity contribution in [2.75, 3.05) is 12.4 Å². The molecule has 4 spiro atoms. The van der Waals surface area contributed by atoms with Crippen LogP contribution in [-0.4, -0.2) is 98.8 Å². The van der Waals surface area contributed by atoms with Crippen molar-refractivity contribution in [1.82, 2.24) is 0 Å². The summed E-state index contributed by atoms with van der Waals surface area (Å²) in [6.45, 7) is 23.1. The Morgan fingerprint density at radius 1 is 0.559 bits per heavy atom. The summed E-state index contributed by atoms with van der Waals surface area (Å²) in [5, 5.41) is 55.5. The molecule has 0 bridgehead atoms. The first kappa shape index (κ1) is 50.8. The van der Waals surface area contributed by atoms with Gasteiger partial charge in [0.2, 0.25) is 0 Å². The molecule has 0 aromatic rings. The van der Waals surface area contributed by atoms with Crippen molar-refractivity contribution in [3.63, 3.8) is 0 Å². The molecule has 4 unspecified atom stereocenters. The molecule has 2 heterocycles. The smallest absolute Gasteiger partial charge is 0.334 e. The van der Waals surface area contributed by atoms with E-state index in [4.69, 9.17) is 37.4 Å². The van der Waals surface area contributed by atoms with Gasteiger partial charge in [0.1, 0.15) is 0 Å². The van der Waals surface area contributed by atoms with E-state index in [1.165, 1.54) is 32.8 Å². The summed E-state index contributed by atoms with van der Waals surface area (Å²) in [5.74, 6) is 1.92. The van der Waals surface area contributed by atoms with Gasteiger partial charge in [-0.2, -0.15) is 0 Å². The zero-order valence-electron chi connectivity index (χ0n) is 43.3. The van der Waals surface area contributed by atoms with Crippen LogP contribution in [0.4, 0.5) is 0 Å². The van der Waals surface area contributed by atoms with Gasteiger partial charge in [-0.05, 0) is 193 Å². The van der Waals surface area contributed by atoms with Crippen LogP contribution in [0, 0.1) is 101 Å². The molecular weight excluding hydrogens is 904 g/mol. The summed E-state index contributed by atoms with van der Waals surface area (Å²) in [7, 11) is 1.42. The van der Waals surface area contributed by atoms with Crippen LogP contribution in [0.15, 0.2) is 0 Å². The second-order valence-electron chi connectivity index (χ2n) is 28.0. The SMILES string of the molecule is COC(=O)[C@H]1C[C@@H](C)C2[C@H](O1)[C@H](O)[C@@]1(C)[C@@H]3CC[C@H]4C(C)(C)[C@@H](O)CCC45C[C@@]35CC[C@]21C.C[C@@H]1C[C@H](C(=O)O)O[C@H]2C1[C@@]1(C)CC[C@@]34CC35CC[C@H](O)C(C)(C)[C@@H]5CC[C@H]4[C@]1(C)[C@H]2O.ClCCl. The van der Waals surface area contributed by atoms with Gasteiger partial charge < -0.3 is 39.7 Å². The fraction of sp³-hybridized carbons (Fsp3) is 0.964. The first-order chi connectivity index (χ1) is 31.7. The molecule has 0 amide bonds. The van der Waals surface area contributed by atoms with Gasteiger partial charge in [-0.15, -0.1) is 23.2 Å². The monoisotopic (exact) mass is 991 g/mol. The predicted molar refractivity (Wildman–Crippen MR) is 260 cm³/mol. The third-order valence-electron chi connectivity index (χ3n) is 26.3. The zero-order chi connectivity index (χ0) is 49.5. The Morgan fingerprint density at radius 2 is 0.912 bits per heavy atom. The quantitative estimate of drug-likeness (QED) is 0.133. The van der Waals surface area contributed by atoms with Crippen molar-refractivity contribution in [2.45, 2.75) is 221 Å². The lowest BCUT2D eigenvalue weighted by atomic mass is 9.41. The van der Waals surface area contributed by atoms with Gasteiger partial charge in [0, 0.05) is 10.8 Å². The third-order valence-corrected chi connectivity index (χ3v) is 26.3. The molecule has 0 aromatic carbocycles. The number of carboxylic acid groups (broad SMARTS) is 1. The van der Waals surface area contributed by atoms with E-state index >= 15 is 0 Å². The highest BCUT2D eigenvalue weighted by Gasteiger charge is 2.86. The van der Waals surface area contributed by atoms with Gasteiger partial charge in [-0.1, -0.05) is 69.2 Å². The van der Waals surface area contributed by atoms with Gasteiger partial charge in [0.15, 0.2) is 12.2 Å². The molecule has 0 radical (unpaired) electrons. The van der Waals surface area contributed by atoms with Crippen molar-refractivity contribution in [3.05, 3.63) is 0 Å². The highest BCUT2D eigenvalue weighted by molar-refractivity contribution is 6.40. The lowest BCUT2D eigenvalue weighted by molar-refractivity contribution is -0.184. The Morgan fingerprint density at radius 3 is 1.29 bits per heavy atom. The van der Waals surface area contributed by atoms with Crippen LogP contribution >= 0.6 is 23.2 Å². The Bertz CT molecular complexity index is 2030. The van der Waals surface area contributed by atoms with E-state index in [0.717, 1.165) is 64.2 Å². The van der Waals surface area contributed by atoms with E-state index in [9.17, 15) is 35.1 Å². The number of carbonyl (C=O) groups is 2. The Kier molecular flexibility index (Phi) is 11.9. The van der Waals surface area contributed by atoms with Gasteiger partial charge >= 0.3 is 11.9 Å². The van der Waals surface area contributed by atoms with Crippen molar-refractivity contribution in [2.24, 2.45) is 101 Å². The molecule has 12 fully saturated rings. The van der Waals surface area contributed by atoms with E-state index < -0.39 is 30.4 Å². The number of alkyl halides is 2. The van der Waals surface area contributed by atoms with E-state index in [1.54, 1.807) is 0 Å². The molecule has 10 aliphatic carbocycles. The Hall–Kier alpha value is -0.720. The summed E-state index contributed by atoms with van der Waals surface area (Å²) in [6.07, 6.45) is 13.5. The van der Waals surface area contributed by atoms with Gasteiger partial charge in [-0.25, -0.2) is 9.59 Å². The number of ether oxygens (including phenoxy) is 3. The molecule has 68 heavy (non-hydrogen) atoms. The Balaban J connectivity index is 0.000000150. The first-order valence-corrected chi connectivity index (χ1v) is 28.2. The van der Waals surface area contributed by atoms with Crippen molar-refractivity contribution >= 4 is 35.1 Å². The molecule has 10 saturated carbocycles. The number of methoxy groups -OCH3 is 1. The van der Waals surface area contributed by atoms with Gasteiger partial charge in [0.05, 0.1) is 49.1 Å². The number of hydrogen-bond donors (Lipinski definition) is 5. The van der Waals surface area contributed by atoms with Crippen LogP contribution in [0.3, 0.4) is 0 Å². The number of aliphatic carboxylic acids is 1. The minimum atomic E-state index is -0.895. The average molecular weight is 992 g/mol. The molecule has 12 aliphatic rings. The predicted octanol–water partition coefficient (Wildman–Crippen LogP) is 10.0.